The zero-order chi connectivity index (χ0) is 21.9. The van der Waals surface area contributed by atoms with E-state index in [1.54, 1.807) is 0 Å². The number of fused-ring (bicyclic) bond motifs is 5. The maximum absolute atomic E-state index is 11.5. The molecule has 166 valence electrons. The minimum atomic E-state index is -1.82. The summed E-state index contributed by atoms with van der Waals surface area (Å²) in [6, 6.07) is 2.71. The van der Waals surface area contributed by atoms with Crippen molar-refractivity contribution in [1.82, 2.24) is 0 Å². The van der Waals surface area contributed by atoms with Gasteiger partial charge in [0, 0.05) is 18.8 Å². The Balaban J connectivity index is 1.61. The summed E-state index contributed by atoms with van der Waals surface area (Å²) >= 11 is 0. The van der Waals surface area contributed by atoms with Crippen LogP contribution in [0.25, 0.3) is 0 Å². The van der Waals surface area contributed by atoms with Crippen LogP contribution in [-0.4, -0.2) is 26.0 Å². The number of esters is 1. The number of hydrogen-bond donors (Lipinski definition) is 0. The second-order valence-electron chi connectivity index (χ2n) is 11.9. The van der Waals surface area contributed by atoms with Crippen molar-refractivity contribution in [2.75, 3.05) is 0 Å². The fourth-order valence-electron chi connectivity index (χ4n) is 7.86. The molecule has 0 radical (unpaired) electrons. The van der Waals surface area contributed by atoms with E-state index in [0.29, 0.717) is 17.8 Å². The summed E-state index contributed by atoms with van der Waals surface area (Å²) in [4.78, 5) is 11.5. The van der Waals surface area contributed by atoms with Gasteiger partial charge in [0.05, 0.1) is 6.07 Å². The lowest BCUT2D eigenvalue weighted by Gasteiger charge is -2.59. The zero-order valence-electron chi connectivity index (χ0n) is 19.7. The first-order valence-corrected chi connectivity index (χ1v) is 15.3. The van der Waals surface area contributed by atoms with Gasteiger partial charge in [-0.1, -0.05) is 25.5 Å². The number of allylic oxidation sites excluding steroid dienone is 1. The molecule has 0 spiro atoms. The maximum Gasteiger partial charge on any atom is 0.302 e. The molecule has 30 heavy (non-hydrogen) atoms. The average Bonchev–Trinajstić information content (AvgIpc) is 2.93. The van der Waals surface area contributed by atoms with Crippen molar-refractivity contribution < 1.29 is 14.0 Å². The highest BCUT2D eigenvalue weighted by molar-refractivity contribution is 6.69. The highest BCUT2D eigenvalue weighted by Crippen LogP contribution is 2.68. The SMILES string of the molecule is CC(=O)OC1CC[C@@]2(C)C(=CCC3C2CC[C@@]2(C)C3CCC2(C#N)O[Si](C)(C)C)C1. The van der Waals surface area contributed by atoms with Crippen LogP contribution >= 0.6 is 0 Å². The Morgan fingerprint density at radius 2 is 1.83 bits per heavy atom. The highest BCUT2D eigenvalue weighted by atomic mass is 28.4. The summed E-state index contributed by atoms with van der Waals surface area (Å²) in [7, 11) is -1.82. The van der Waals surface area contributed by atoms with Crippen molar-refractivity contribution in [2.45, 2.75) is 103 Å². The molecule has 0 aromatic rings. The number of carbonyl (C=O) groups is 1. The van der Waals surface area contributed by atoms with Crippen molar-refractivity contribution in [3.63, 3.8) is 0 Å². The summed E-state index contributed by atoms with van der Waals surface area (Å²) in [6.45, 7) is 13.0. The molecule has 4 aliphatic rings. The molecule has 0 bridgehead atoms. The first-order chi connectivity index (χ1) is 13.9. The van der Waals surface area contributed by atoms with E-state index in [4.69, 9.17) is 9.16 Å². The van der Waals surface area contributed by atoms with Gasteiger partial charge in [-0.05, 0) is 87.8 Å². The Kier molecular flexibility index (Phi) is 5.30. The number of rotatable bonds is 3. The van der Waals surface area contributed by atoms with Crippen molar-refractivity contribution in [3.05, 3.63) is 11.6 Å². The molecule has 5 unspecified atom stereocenters. The zero-order valence-corrected chi connectivity index (χ0v) is 20.7. The van der Waals surface area contributed by atoms with Gasteiger partial charge in [0.2, 0.25) is 0 Å². The molecule has 5 heteroatoms. The molecule has 0 aromatic carbocycles. The second-order valence-corrected chi connectivity index (χ2v) is 16.3. The van der Waals surface area contributed by atoms with E-state index in [9.17, 15) is 10.1 Å². The first kappa shape index (κ1) is 22.1. The van der Waals surface area contributed by atoms with E-state index >= 15 is 0 Å². The molecule has 0 amide bonds. The molecule has 4 aliphatic carbocycles. The van der Waals surface area contributed by atoms with Crippen LogP contribution in [0.3, 0.4) is 0 Å². The molecular formula is C25H39NO3Si. The van der Waals surface area contributed by atoms with Crippen molar-refractivity contribution in [3.8, 4) is 6.07 Å². The Bertz CT molecular complexity index is 795. The minimum Gasteiger partial charge on any atom is -0.462 e. The monoisotopic (exact) mass is 429 g/mol. The van der Waals surface area contributed by atoms with Crippen LogP contribution in [-0.2, 0) is 14.0 Å². The molecule has 0 heterocycles. The number of nitriles is 1. The summed E-state index contributed by atoms with van der Waals surface area (Å²) < 4.78 is 12.3. The first-order valence-electron chi connectivity index (χ1n) is 11.9. The summed E-state index contributed by atoms with van der Waals surface area (Å²) in [5.41, 5.74) is 1.09. The van der Waals surface area contributed by atoms with Crippen LogP contribution < -0.4 is 0 Å². The minimum absolute atomic E-state index is 0.0418. The van der Waals surface area contributed by atoms with Crippen LogP contribution in [0.1, 0.15) is 72.1 Å². The molecule has 0 aliphatic heterocycles. The molecule has 4 rings (SSSR count). The Morgan fingerprint density at radius 3 is 2.47 bits per heavy atom. The van der Waals surface area contributed by atoms with Crippen LogP contribution in [0.15, 0.2) is 11.6 Å². The molecule has 0 saturated heterocycles. The van der Waals surface area contributed by atoms with Crippen LogP contribution in [0.5, 0.6) is 0 Å². The fourth-order valence-corrected chi connectivity index (χ4v) is 9.28. The van der Waals surface area contributed by atoms with Crippen LogP contribution in [0.4, 0.5) is 0 Å². The van der Waals surface area contributed by atoms with Gasteiger partial charge < -0.3 is 9.16 Å². The quantitative estimate of drug-likeness (QED) is 0.314. The third-order valence-corrected chi connectivity index (χ3v) is 10.1. The number of ether oxygens (including phenoxy) is 1. The van der Waals surface area contributed by atoms with E-state index in [0.717, 1.165) is 44.9 Å². The lowest BCUT2D eigenvalue weighted by Crippen LogP contribution is -2.57. The lowest BCUT2D eigenvalue weighted by atomic mass is 9.47. The van der Waals surface area contributed by atoms with E-state index < -0.39 is 13.9 Å². The molecule has 4 nitrogen and oxygen atoms in total. The molecule has 3 saturated carbocycles. The van der Waals surface area contributed by atoms with Gasteiger partial charge in [-0.25, -0.2) is 0 Å². The normalized spacial score (nSPS) is 45.4. The number of hydrogen-bond acceptors (Lipinski definition) is 4. The predicted molar refractivity (Wildman–Crippen MR) is 120 cm³/mol. The lowest BCUT2D eigenvalue weighted by molar-refractivity contribution is -0.149. The number of nitrogens with zero attached hydrogens (tertiary/aromatic N) is 1. The molecule has 3 fully saturated rings. The predicted octanol–water partition coefficient (Wildman–Crippen LogP) is 5.99. The third kappa shape index (κ3) is 3.30. The fraction of sp³-hybridized carbons (Fsp3) is 0.840. The van der Waals surface area contributed by atoms with Gasteiger partial charge in [-0.15, -0.1) is 0 Å². The van der Waals surface area contributed by atoms with Gasteiger partial charge in [0.1, 0.15) is 11.7 Å². The Labute approximate surface area is 183 Å². The largest absolute Gasteiger partial charge is 0.462 e. The van der Waals surface area contributed by atoms with Gasteiger partial charge in [-0.3, -0.25) is 4.79 Å². The van der Waals surface area contributed by atoms with Crippen LogP contribution in [0.2, 0.25) is 19.6 Å². The van der Waals surface area contributed by atoms with Crippen molar-refractivity contribution in [2.24, 2.45) is 28.6 Å². The van der Waals surface area contributed by atoms with Crippen LogP contribution in [0, 0.1) is 39.9 Å². The molecule has 7 atom stereocenters. The van der Waals surface area contributed by atoms with Gasteiger partial charge in [0.15, 0.2) is 8.32 Å². The molecule has 0 N–H and O–H groups in total. The van der Waals surface area contributed by atoms with E-state index in [1.165, 1.54) is 18.9 Å². The second kappa shape index (κ2) is 7.20. The van der Waals surface area contributed by atoms with Crippen molar-refractivity contribution in [1.29, 1.82) is 5.26 Å². The van der Waals surface area contributed by atoms with Gasteiger partial charge in [0.25, 0.3) is 0 Å². The third-order valence-electron chi connectivity index (χ3n) is 9.17. The maximum atomic E-state index is 11.5. The summed E-state index contributed by atoms with van der Waals surface area (Å²) in [5.74, 6) is 1.72. The highest BCUT2D eigenvalue weighted by Gasteiger charge is 2.65. The standard InChI is InChI=1S/C25H39NO3Si/c1-17(27)28-19-9-12-23(2)18(15-19)7-8-20-21(23)10-13-24(3)22(20)11-14-25(24,16-26)29-30(4,5)6/h7,19-22H,8-15H2,1-6H3/t19?,20?,21?,22?,23-,24-,25?/m0/s1. The van der Waals surface area contributed by atoms with E-state index in [1.807, 2.05) is 0 Å². The smallest absolute Gasteiger partial charge is 0.302 e. The summed E-state index contributed by atoms with van der Waals surface area (Å²) in [6.07, 6.45) is 10.9. The topological polar surface area (TPSA) is 59.3 Å². The van der Waals surface area contributed by atoms with Gasteiger partial charge in [-0.2, -0.15) is 5.26 Å². The Morgan fingerprint density at radius 1 is 1.13 bits per heavy atom. The van der Waals surface area contributed by atoms with Crippen molar-refractivity contribution >= 4 is 14.3 Å². The Hall–Kier alpha value is -1.12. The molecular weight excluding hydrogens is 390 g/mol. The average molecular weight is 430 g/mol. The van der Waals surface area contributed by atoms with Gasteiger partial charge >= 0.3 is 5.97 Å². The summed E-state index contributed by atoms with van der Waals surface area (Å²) in [5, 5.41) is 10.3. The number of carbonyl (C=O) groups excluding carboxylic acids is 1. The van der Waals surface area contributed by atoms with E-state index in [-0.39, 0.29) is 22.9 Å². The molecule has 0 aromatic heterocycles. The van der Waals surface area contributed by atoms with E-state index in [2.05, 4.69) is 45.6 Å².